The van der Waals surface area contributed by atoms with Crippen LogP contribution in [0.2, 0.25) is 0 Å². The number of fused-ring (bicyclic) bond motifs is 1. The Balaban J connectivity index is 2.37. The maximum absolute atomic E-state index is 11.6. The van der Waals surface area contributed by atoms with Crippen LogP contribution >= 0.6 is 15.9 Å². The molecule has 0 aliphatic carbocycles. The molecule has 0 spiro atoms. The summed E-state index contributed by atoms with van der Waals surface area (Å²) < 4.78 is 0.711. The van der Waals surface area contributed by atoms with E-state index in [1.165, 1.54) is 0 Å². The van der Waals surface area contributed by atoms with Crippen LogP contribution in [0.5, 0.6) is 0 Å². The van der Waals surface area contributed by atoms with Crippen molar-refractivity contribution in [3.8, 4) is 0 Å². The van der Waals surface area contributed by atoms with Gasteiger partial charge in [0.1, 0.15) is 0 Å². The highest BCUT2D eigenvalue weighted by molar-refractivity contribution is 9.10. The first kappa shape index (κ1) is 14.0. The molecule has 0 atom stereocenters. The van der Waals surface area contributed by atoms with Crippen LogP contribution in [0.4, 0.5) is 11.4 Å². The molecule has 0 bridgehead atoms. The van der Waals surface area contributed by atoms with E-state index in [-0.39, 0.29) is 0 Å². The number of amides is 1. The minimum Gasteiger partial charge on any atom is -0.389 e. The molecule has 1 heterocycles. The molecule has 2 rings (SSSR count). The quantitative estimate of drug-likeness (QED) is 0.831. The maximum atomic E-state index is 11.6. The summed E-state index contributed by atoms with van der Waals surface area (Å²) in [5, 5.41) is 12.4. The normalized spacial score (nSPS) is 14.4. The number of hydrogen-bond acceptors (Lipinski definition) is 4. The lowest BCUT2D eigenvalue weighted by Crippen LogP contribution is -2.36. The van der Waals surface area contributed by atoms with Crippen LogP contribution in [0, 0.1) is 0 Å². The molecule has 2 N–H and O–H groups in total. The molecule has 0 fully saturated rings. The summed E-state index contributed by atoms with van der Waals surface area (Å²) in [6.07, 6.45) is 0. The number of carbonyl (C=O) groups excluding carboxylic acids is 2. The number of nitrogens with zero attached hydrogens (tertiary/aromatic N) is 1. The Bertz CT molecular complexity index is 564. The number of aliphatic hydroxyl groups is 1. The highest BCUT2D eigenvalue weighted by atomic mass is 79.9. The van der Waals surface area contributed by atoms with Crippen LogP contribution < -0.4 is 10.2 Å². The first-order valence-electron chi connectivity index (χ1n) is 5.82. The van der Waals surface area contributed by atoms with Gasteiger partial charge in [-0.25, -0.2) is 0 Å². The lowest BCUT2D eigenvalue weighted by Gasteiger charge is -2.28. The molecule has 102 valence electrons. The molecule has 6 heteroatoms. The number of Topliss-reactive ketones (excluding diaryl/α,β-unsaturated/α-hetero) is 1. The molecule has 0 radical (unpaired) electrons. The van der Waals surface area contributed by atoms with E-state index in [0.717, 1.165) is 5.69 Å². The largest absolute Gasteiger partial charge is 0.389 e. The third-order valence-electron chi connectivity index (χ3n) is 2.82. The maximum Gasteiger partial charge on any atom is 0.296 e. The van der Waals surface area contributed by atoms with Crippen molar-refractivity contribution in [2.24, 2.45) is 0 Å². The highest BCUT2D eigenvalue weighted by Crippen LogP contribution is 2.35. The summed E-state index contributed by atoms with van der Waals surface area (Å²) in [6.45, 7) is 3.86. The van der Waals surface area contributed by atoms with Crippen molar-refractivity contribution in [3.05, 3.63) is 22.2 Å². The summed E-state index contributed by atoms with van der Waals surface area (Å²) >= 11 is 3.39. The Morgan fingerprint density at radius 3 is 2.58 bits per heavy atom. The average Bonchev–Trinajstić information content (AvgIpc) is 2.52. The number of carbonyl (C=O) groups is 2. The Hall–Kier alpha value is -1.40. The van der Waals surface area contributed by atoms with Gasteiger partial charge in [-0.2, -0.15) is 0 Å². The van der Waals surface area contributed by atoms with Gasteiger partial charge in [0.05, 0.1) is 22.5 Å². The molecule has 1 aromatic carbocycles. The number of benzene rings is 1. The van der Waals surface area contributed by atoms with Gasteiger partial charge in [0.25, 0.3) is 11.7 Å². The Morgan fingerprint density at radius 1 is 1.37 bits per heavy atom. The Morgan fingerprint density at radius 2 is 2.00 bits per heavy atom. The van der Waals surface area contributed by atoms with Gasteiger partial charge in [-0.05, 0) is 41.9 Å². The lowest BCUT2D eigenvalue weighted by molar-refractivity contribution is -0.112. The fraction of sp³-hybridized carbons (Fsp3) is 0.385. The van der Waals surface area contributed by atoms with Crippen LogP contribution in [-0.4, -0.2) is 36.0 Å². The van der Waals surface area contributed by atoms with Gasteiger partial charge in [-0.1, -0.05) is 0 Å². The molecule has 1 amide bonds. The van der Waals surface area contributed by atoms with Crippen molar-refractivity contribution in [2.75, 3.05) is 23.8 Å². The molecule has 0 saturated heterocycles. The summed E-state index contributed by atoms with van der Waals surface area (Å²) in [6, 6.07) is 3.36. The van der Waals surface area contributed by atoms with E-state index < -0.39 is 17.3 Å². The summed E-state index contributed by atoms with van der Waals surface area (Å²) in [7, 11) is 1.84. The fourth-order valence-electron chi connectivity index (χ4n) is 2.11. The molecule has 1 aliphatic rings. The van der Waals surface area contributed by atoms with Crippen molar-refractivity contribution in [3.63, 3.8) is 0 Å². The standard InChI is InChI=1S/C13H15BrN2O3/c1-13(2,19)6-16(3)10-5-9-7(4-8(10)14)11(17)12(18)15-9/h4-5,19H,6H2,1-3H3,(H,15,17,18). The van der Waals surface area contributed by atoms with Gasteiger partial charge in [0.15, 0.2) is 0 Å². The summed E-state index contributed by atoms with van der Waals surface area (Å²) in [5.74, 6) is -1.13. The van der Waals surface area contributed by atoms with Crippen molar-refractivity contribution in [2.45, 2.75) is 19.4 Å². The first-order valence-corrected chi connectivity index (χ1v) is 6.61. The van der Waals surface area contributed by atoms with E-state index >= 15 is 0 Å². The molecule has 1 aromatic rings. The van der Waals surface area contributed by atoms with E-state index in [0.29, 0.717) is 22.3 Å². The predicted octanol–water partition coefficient (Wildman–Crippen LogP) is 1.79. The van der Waals surface area contributed by atoms with E-state index in [2.05, 4.69) is 21.2 Å². The summed E-state index contributed by atoms with van der Waals surface area (Å²) in [4.78, 5) is 24.8. The third-order valence-corrected chi connectivity index (χ3v) is 3.46. The van der Waals surface area contributed by atoms with Gasteiger partial charge in [0.2, 0.25) is 0 Å². The smallest absolute Gasteiger partial charge is 0.296 e. The topological polar surface area (TPSA) is 69.6 Å². The van der Waals surface area contributed by atoms with Gasteiger partial charge in [-0.15, -0.1) is 0 Å². The lowest BCUT2D eigenvalue weighted by atomic mass is 10.1. The van der Waals surface area contributed by atoms with E-state index in [9.17, 15) is 14.7 Å². The van der Waals surface area contributed by atoms with Crippen molar-refractivity contribution >= 4 is 39.0 Å². The second-order valence-corrected chi connectivity index (χ2v) is 6.16. The van der Waals surface area contributed by atoms with Crippen LogP contribution in [0.1, 0.15) is 24.2 Å². The zero-order valence-electron chi connectivity index (χ0n) is 11.0. The zero-order chi connectivity index (χ0) is 14.4. The molecule has 5 nitrogen and oxygen atoms in total. The second kappa shape index (κ2) is 4.61. The number of ketones is 1. The van der Waals surface area contributed by atoms with Crippen molar-refractivity contribution in [1.29, 1.82) is 0 Å². The molecular formula is C13H15BrN2O3. The molecule has 1 aliphatic heterocycles. The first-order chi connectivity index (χ1) is 8.69. The average molecular weight is 327 g/mol. The summed E-state index contributed by atoms with van der Waals surface area (Å²) in [5.41, 5.74) is 0.843. The predicted molar refractivity (Wildman–Crippen MR) is 76.7 cm³/mol. The number of halogens is 1. The zero-order valence-corrected chi connectivity index (χ0v) is 12.5. The van der Waals surface area contributed by atoms with Crippen LogP contribution in [-0.2, 0) is 4.79 Å². The van der Waals surface area contributed by atoms with Gasteiger partial charge >= 0.3 is 0 Å². The minimum atomic E-state index is -0.841. The third kappa shape index (κ3) is 2.79. The van der Waals surface area contributed by atoms with Gasteiger partial charge < -0.3 is 15.3 Å². The van der Waals surface area contributed by atoms with Gasteiger partial charge in [-0.3, -0.25) is 9.59 Å². The second-order valence-electron chi connectivity index (χ2n) is 5.30. The van der Waals surface area contributed by atoms with Gasteiger partial charge in [0, 0.05) is 18.1 Å². The molecule has 0 aromatic heterocycles. The molecule has 19 heavy (non-hydrogen) atoms. The SMILES string of the molecule is CN(CC(C)(C)O)c1cc2c(cc1Br)C(=O)C(=O)N2. The highest BCUT2D eigenvalue weighted by Gasteiger charge is 2.29. The Labute approximate surface area is 119 Å². The fourth-order valence-corrected chi connectivity index (χ4v) is 2.76. The number of hydrogen-bond donors (Lipinski definition) is 2. The molecular weight excluding hydrogens is 312 g/mol. The van der Waals surface area contributed by atoms with Crippen LogP contribution in [0.3, 0.4) is 0 Å². The number of likely N-dealkylation sites (N-methyl/N-ethyl adjacent to an activating group) is 1. The number of nitrogens with one attached hydrogen (secondary N) is 1. The Kier molecular flexibility index (Phi) is 3.40. The van der Waals surface area contributed by atoms with Crippen LogP contribution in [0.15, 0.2) is 16.6 Å². The monoisotopic (exact) mass is 326 g/mol. The number of rotatable bonds is 3. The van der Waals surface area contributed by atoms with Crippen molar-refractivity contribution < 1.29 is 14.7 Å². The molecule has 0 unspecified atom stereocenters. The minimum absolute atomic E-state index is 0.372. The van der Waals surface area contributed by atoms with E-state index in [4.69, 9.17) is 0 Å². The number of anilines is 2. The van der Waals surface area contributed by atoms with E-state index in [1.54, 1.807) is 26.0 Å². The van der Waals surface area contributed by atoms with E-state index in [1.807, 2.05) is 11.9 Å². The van der Waals surface area contributed by atoms with Crippen molar-refractivity contribution in [1.82, 2.24) is 0 Å². The molecule has 0 saturated carbocycles. The van der Waals surface area contributed by atoms with Crippen LogP contribution in [0.25, 0.3) is 0 Å².